The van der Waals surface area contributed by atoms with Crippen LogP contribution in [0.3, 0.4) is 0 Å². The summed E-state index contributed by atoms with van der Waals surface area (Å²) in [6, 6.07) is 5.42. The van der Waals surface area contributed by atoms with Gasteiger partial charge in [0.2, 0.25) is 5.91 Å². The Morgan fingerprint density at radius 3 is 2.54 bits per heavy atom. The number of anilines is 1. The van der Waals surface area contributed by atoms with Crippen molar-refractivity contribution in [2.45, 2.75) is 51.7 Å². The normalized spacial score (nSPS) is 15.2. The van der Waals surface area contributed by atoms with Crippen LogP contribution in [0.4, 0.5) is 5.69 Å². The fourth-order valence-corrected chi connectivity index (χ4v) is 2.31. The molecule has 0 radical (unpaired) electrons. The molecule has 1 unspecified atom stereocenters. The lowest BCUT2D eigenvalue weighted by molar-refractivity contribution is -0.140. The minimum Gasteiger partial charge on any atom is -0.480 e. The molecular weight excluding hydrogens is 336 g/mol. The van der Waals surface area contributed by atoms with Crippen molar-refractivity contribution < 1.29 is 24.2 Å². The maximum Gasteiger partial charge on any atom is 0.326 e. The molecule has 2 rings (SSSR count). The number of nitrogens with one attached hydrogen (secondary N) is 2. The van der Waals surface area contributed by atoms with E-state index in [1.807, 2.05) is 20.8 Å². The number of rotatable bonds is 8. The van der Waals surface area contributed by atoms with Gasteiger partial charge in [0.15, 0.2) is 0 Å². The Labute approximate surface area is 153 Å². The molecule has 1 saturated carbocycles. The van der Waals surface area contributed by atoms with E-state index in [1.165, 1.54) is 0 Å². The van der Waals surface area contributed by atoms with E-state index in [9.17, 15) is 19.5 Å². The van der Waals surface area contributed by atoms with Gasteiger partial charge in [0.25, 0.3) is 5.91 Å². The number of amides is 2. The average Bonchev–Trinajstić information content (AvgIpc) is 3.37. The predicted molar refractivity (Wildman–Crippen MR) is 97.0 cm³/mol. The summed E-state index contributed by atoms with van der Waals surface area (Å²) in [6.45, 7) is 5.85. The average molecular weight is 362 g/mol. The number of carbonyl (C=O) groups is 3. The molecule has 0 saturated heterocycles. The van der Waals surface area contributed by atoms with E-state index < -0.39 is 17.9 Å². The molecule has 1 atom stereocenters. The van der Waals surface area contributed by atoms with E-state index in [1.54, 1.807) is 24.3 Å². The van der Waals surface area contributed by atoms with Crippen LogP contribution < -0.4 is 10.6 Å². The second kappa shape index (κ2) is 8.31. The quantitative estimate of drug-likeness (QED) is 0.659. The lowest BCUT2D eigenvalue weighted by atomic mass is 10.1. The van der Waals surface area contributed by atoms with Gasteiger partial charge in [-0.3, -0.25) is 9.59 Å². The number of ether oxygens (including phenoxy) is 1. The molecule has 1 aromatic carbocycles. The van der Waals surface area contributed by atoms with E-state index in [2.05, 4.69) is 10.6 Å². The molecule has 0 aliphatic heterocycles. The van der Waals surface area contributed by atoms with Gasteiger partial charge in [-0.05, 0) is 51.8 Å². The Balaban J connectivity index is 1.95. The van der Waals surface area contributed by atoms with Crippen LogP contribution in [0.25, 0.3) is 0 Å². The van der Waals surface area contributed by atoms with Crippen LogP contribution in [0, 0.1) is 5.92 Å². The standard InChI is InChI=1S/C19H26N2O5/c1-19(2,3)26-10-9-15(18(24)25)21-17(23)13-5-4-6-14(11-13)20-16(22)12-7-8-12/h4-6,11-12,15H,7-10H2,1-3H3,(H,20,22)(H,21,23)(H,24,25). The number of carboxylic acid groups (broad SMARTS) is 1. The summed E-state index contributed by atoms with van der Waals surface area (Å²) in [5.41, 5.74) is 0.445. The van der Waals surface area contributed by atoms with Crippen LogP contribution in [-0.4, -0.2) is 41.1 Å². The summed E-state index contributed by atoms with van der Waals surface area (Å²) < 4.78 is 5.53. The Kier molecular flexibility index (Phi) is 6.37. The third-order valence-electron chi connectivity index (χ3n) is 3.89. The minimum absolute atomic E-state index is 0.0506. The molecule has 0 spiro atoms. The van der Waals surface area contributed by atoms with Crippen LogP contribution in [0.5, 0.6) is 0 Å². The van der Waals surface area contributed by atoms with Crippen LogP contribution >= 0.6 is 0 Å². The Morgan fingerprint density at radius 2 is 1.96 bits per heavy atom. The molecule has 1 fully saturated rings. The van der Waals surface area contributed by atoms with Crippen LogP contribution in [0.2, 0.25) is 0 Å². The zero-order valence-electron chi connectivity index (χ0n) is 15.4. The zero-order chi connectivity index (χ0) is 19.3. The Morgan fingerprint density at radius 1 is 1.27 bits per heavy atom. The molecule has 1 aliphatic rings. The van der Waals surface area contributed by atoms with Crippen LogP contribution in [0.15, 0.2) is 24.3 Å². The summed E-state index contributed by atoms with van der Waals surface area (Å²) in [5, 5.41) is 14.6. The predicted octanol–water partition coefficient (Wildman–Crippen LogP) is 2.42. The van der Waals surface area contributed by atoms with Gasteiger partial charge in [0.05, 0.1) is 5.60 Å². The SMILES string of the molecule is CC(C)(C)OCCC(NC(=O)c1cccc(NC(=O)C2CC2)c1)C(=O)O. The third kappa shape index (κ3) is 6.48. The lowest BCUT2D eigenvalue weighted by Crippen LogP contribution is -2.42. The van der Waals surface area contributed by atoms with Crippen molar-refractivity contribution >= 4 is 23.5 Å². The topological polar surface area (TPSA) is 105 Å². The maximum absolute atomic E-state index is 12.4. The molecule has 7 heteroatoms. The number of benzene rings is 1. The van der Waals surface area contributed by atoms with E-state index in [0.29, 0.717) is 11.3 Å². The van der Waals surface area contributed by atoms with Crippen molar-refractivity contribution in [3.05, 3.63) is 29.8 Å². The second-order valence-electron chi connectivity index (χ2n) is 7.46. The van der Waals surface area contributed by atoms with Crippen molar-refractivity contribution in [2.75, 3.05) is 11.9 Å². The first-order chi connectivity index (χ1) is 12.2. The maximum atomic E-state index is 12.4. The summed E-state index contributed by atoms with van der Waals surface area (Å²) >= 11 is 0. The van der Waals surface area contributed by atoms with Crippen molar-refractivity contribution in [2.24, 2.45) is 5.92 Å². The van der Waals surface area contributed by atoms with E-state index in [4.69, 9.17) is 4.74 Å². The van der Waals surface area contributed by atoms with Gasteiger partial charge < -0.3 is 20.5 Å². The van der Waals surface area contributed by atoms with Gasteiger partial charge in [-0.2, -0.15) is 0 Å². The van der Waals surface area contributed by atoms with E-state index >= 15 is 0 Å². The van der Waals surface area contributed by atoms with E-state index in [-0.39, 0.29) is 30.5 Å². The number of hydrogen-bond donors (Lipinski definition) is 3. The van der Waals surface area contributed by atoms with Crippen LogP contribution in [0.1, 0.15) is 50.4 Å². The van der Waals surface area contributed by atoms with E-state index in [0.717, 1.165) is 12.8 Å². The number of carboxylic acids is 1. The number of aliphatic carboxylic acids is 1. The van der Waals surface area contributed by atoms with Gasteiger partial charge in [0.1, 0.15) is 6.04 Å². The monoisotopic (exact) mass is 362 g/mol. The van der Waals surface area contributed by atoms with Crippen molar-refractivity contribution in [3.63, 3.8) is 0 Å². The molecule has 26 heavy (non-hydrogen) atoms. The zero-order valence-corrected chi connectivity index (χ0v) is 15.4. The highest BCUT2D eigenvalue weighted by atomic mass is 16.5. The summed E-state index contributed by atoms with van der Waals surface area (Å²) in [4.78, 5) is 35.6. The fourth-order valence-electron chi connectivity index (χ4n) is 2.31. The number of carbonyl (C=O) groups excluding carboxylic acids is 2. The Hall–Kier alpha value is -2.41. The second-order valence-corrected chi connectivity index (χ2v) is 7.46. The molecule has 3 N–H and O–H groups in total. The summed E-state index contributed by atoms with van der Waals surface area (Å²) in [6.07, 6.45) is 1.95. The molecule has 0 heterocycles. The molecule has 7 nitrogen and oxygen atoms in total. The minimum atomic E-state index is -1.12. The van der Waals surface area contributed by atoms with Gasteiger partial charge in [-0.25, -0.2) is 4.79 Å². The highest BCUT2D eigenvalue weighted by molar-refractivity contribution is 5.99. The van der Waals surface area contributed by atoms with Gasteiger partial charge in [-0.15, -0.1) is 0 Å². The fraction of sp³-hybridized carbons (Fsp3) is 0.526. The first kappa shape index (κ1) is 19.9. The smallest absolute Gasteiger partial charge is 0.326 e. The summed E-state index contributed by atoms with van der Waals surface area (Å²) in [7, 11) is 0. The van der Waals surface area contributed by atoms with Crippen LogP contribution in [-0.2, 0) is 14.3 Å². The van der Waals surface area contributed by atoms with Crippen molar-refractivity contribution in [1.82, 2.24) is 5.32 Å². The highest BCUT2D eigenvalue weighted by Gasteiger charge is 2.29. The molecule has 1 aliphatic carbocycles. The highest BCUT2D eigenvalue weighted by Crippen LogP contribution is 2.30. The van der Waals surface area contributed by atoms with Crippen molar-refractivity contribution in [1.29, 1.82) is 0 Å². The van der Waals surface area contributed by atoms with Crippen molar-refractivity contribution in [3.8, 4) is 0 Å². The largest absolute Gasteiger partial charge is 0.480 e. The molecule has 2 amide bonds. The van der Waals surface area contributed by atoms with Gasteiger partial charge >= 0.3 is 5.97 Å². The number of hydrogen-bond acceptors (Lipinski definition) is 4. The molecule has 0 bridgehead atoms. The lowest BCUT2D eigenvalue weighted by Gasteiger charge is -2.21. The van der Waals surface area contributed by atoms with Gasteiger partial charge in [0, 0.05) is 30.2 Å². The molecule has 0 aromatic heterocycles. The molecule has 142 valence electrons. The molecular formula is C19H26N2O5. The van der Waals surface area contributed by atoms with Gasteiger partial charge in [-0.1, -0.05) is 6.07 Å². The first-order valence-electron chi connectivity index (χ1n) is 8.74. The summed E-state index contributed by atoms with van der Waals surface area (Å²) in [5.74, 6) is -1.61. The molecule has 1 aromatic rings. The first-order valence-corrected chi connectivity index (χ1v) is 8.74. The third-order valence-corrected chi connectivity index (χ3v) is 3.89. The Bertz CT molecular complexity index is 677.